The van der Waals surface area contributed by atoms with E-state index >= 15 is 0 Å². The van der Waals surface area contributed by atoms with Crippen molar-refractivity contribution < 1.29 is 19.1 Å². The summed E-state index contributed by atoms with van der Waals surface area (Å²) >= 11 is 0. The largest absolute Gasteiger partial charge is 0.465 e. The summed E-state index contributed by atoms with van der Waals surface area (Å²) in [5.74, 6) is -0.797. The summed E-state index contributed by atoms with van der Waals surface area (Å²) in [6.45, 7) is 0.902. The van der Waals surface area contributed by atoms with E-state index in [0.29, 0.717) is 35.3 Å². The minimum atomic E-state index is -0.399. The smallest absolute Gasteiger partial charge is 0.338 e. The van der Waals surface area contributed by atoms with Gasteiger partial charge in [0.05, 0.1) is 38.4 Å². The van der Waals surface area contributed by atoms with Gasteiger partial charge in [0.25, 0.3) is 0 Å². The van der Waals surface area contributed by atoms with Crippen molar-refractivity contribution in [2.24, 2.45) is 9.98 Å². The first kappa shape index (κ1) is 19.1. The van der Waals surface area contributed by atoms with Gasteiger partial charge in [0.15, 0.2) is 0 Å². The lowest BCUT2D eigenvalue weighted by Gasteiger charge is -2.03. The second kappa shape index (κ2) is 9.88. The molecule has 0 N–H and O–H groups in total. The van der Waals surface area contributed by atoms with E-state index in [4.69, 9.17) is 9.47 Å². The van der Waals surface area contributed by atoms with Gasteiger partial charge in [-0.25, -0.2) is 9.59 Å². The Morgan fingerprint density at radius 2 is 1.15 bits per heavy atom. The highest BCUT2D eigenvalue weighted by Crippen LogP contribution is 2.08. The summed E-state index contributed by atoms with van der Waals surface area (Å²) < 4.78 is 9.50. The van der Waals surface area contributed by atoms with Crippen molar-refractivity contribution in [3.63, 3.8) is 0 Å². The normalized spacial score (nSPS) is 11.0. The topological polar surface area (TPSA) is 77.3 Å². The van der Waals surface area contributed by atoms with Crippen LogP contribution in [0.25, 0.3) is 0 Å². The number of hydrogen-bond donors (Lipinski definition) is 0. The Labute approximate surface area is 152 Å². The lowest BCUT2D eigenvalue weighted by Crippen LogP contribution is -2.05. The van der Waals surface area contributed by atoms with E-state index in [2.05, 4.69) is 9.98 Å². The number of aliphatic imine (C=N–C) groups is 2. The van der Waals surface area contributed by atoms with Gasteiger partial charge in [-0.05, 0) is 12.1 Å². The highest BCUT2D eigenvalue weighted by Gasteiger charge is 2.09. The van der Waals surface area contributed by atoms with Gasteiger partial charge >= 0.3 is 11.9 Å². The Balaban J connectivity index is 1.96. The molecule has 0 radical (unpaired) electrons. The summed E-state index contributed by atoms with van der Waals surface area (Å²) in [4.78, 5) is 32.0. The molecule has 0 bridgehead atoms. The molecular weight excluding hydrogens is 332 g/mol. The Bertz CT molecular complexity index is 759. The minimum absolute atomic E-state index is 0.399. The van der Waals surface area contributed by atoms with Crippen LogP contribution >= 0.6 is 0 Å². The van der Waals surface area contributed by atoms with E-state index in [1.54, 1.807) is 48.8 Å². The average molecular weight is 352 g/mol. The summed E-state index contributed by atoms with van der Waals surface area (Å²) in [6, 6.07) is 14.2. The van der Waals surface area contributed by atoms with Crippen molar-refractivity contribution in [1.29, 1.82) is 0 Å². The van der Waals surface area contributed by atoms with Crippen molar-refractivity contribution in [2.75, 3.05) is 27.3 Å². The first-order valence-corrected chi connectivity index (χ1v) is 8.01. The van der Waals surface area contributed by atoms with Gasteiger partial charge in [-0.1, -0.05) is 36.4 Å². The lowest BCUT2D eigenvalue weighted by atomic mass is 10.1. The van der Waals surface area contributed by atoms with E-state index in [0.717, 1.165) is 0 Å². The Hall–Kier alpha value is -3.28. The van der Waals surface area contributed by atoms with Crippen LogP contribution in [-0.4, -0.2) is 51.7 Å². The number of carbonyl (C=O) groups excluding carboxylic acids is 2. The maximum absolute atomic E-state index is 11.7. The van der Waals surface area contributed by atoms with E-state index in [1.165, 1.54) is 14.2 Å². The number of carbonyl (C=O) groups is 2. The monoisotopic (exact) mass is 352 g/mol. The number of benzene rings is 2. The third-order valence-corrected chi connectivity index (χ3v) is 3.55. The molecule has 134 valence electrons. The second-order valence-electron chi connectivity index (χ2n) is 5.23. The summed E-state index contributed by atoms with van der Waals surface area (Å²) in [7, 11) is 2.69. The molecule has 2 aromatic rings. The van der Waals surface area contributed by atoms with Crippen LogP contribution in [0.2, 0.25) is 0 Å². The van der Waals surface area contributed by atoms with Gasteiger partial charge in [-0.3, -0.25) is 9.98 Å². The van der Waals surface area contributed by atoms with Gasteiger partial charge in [0.1, 0.15) is 0 Å². The van der Waals surface area contributed by atoms with Crippen molar-refractivity contribution in [1.82, 2.24) is 0 Å². The van der Waals surface area contributed by atoms with Crippen LogP contribution in [0.4, 0.5) is 0 Å². The van der Waals surface area contributed by atoms with Crippen molar-refractivity contribution in [2.45, 2.75) is 0 Å². The standard InChI is InChI=1S/C20H20N2O4/c1-25-19(23)17-9-5-3-7-15(17)13-21-11-12-22-14-16-8-4-6-10-18(16)20(24)26-2/h3-10,13-14H,11-12H2,1-2H3/b21-13+,22-14+. The van der Waals surface area contributed by atoms with E-state index in [-0.39, 0.29) is 0 Å². The summed E-state index contributed by atoms with van der Waals surface area (Å²) in [6.07, 6.45) is 3.26. The fraction of sp³-hybridized carbons (Fsp3) is 0.200. The molecule has 0 unspecified atom stereocenters. The molecule has 0 saturated heterocycles. The zero-order chi connectivity index (χ0) is 18.8. The first-order valence-electron chi connectivity index (χ1n) is 8.01. The molecule has 0 spiro atoms. The number of rotatable bonds is 7. The lowest BCUT2D eigenvalue weighted by molar-refractivity contribution is 0.0591. The molecule has 0 aromatic heterocycles. The minimum Gasteiger partial charge on any atom is -0.465 e. The molecular formula is C20H20N2O4. The number of hydrogen-bond acceptors (Lipinski definition) is 6. The van der Waals surface area contributed by atoms with Crippen LogP contribution in [0.1, 0.15) is 31.8 Å². The molecule has 0 atom stereocenters. The molecule has 0 fully saturated rings. The Morgan fingerprint density at radius 1 is 0.769 bits per heavy atom. The summed E-state index contributed by atoms with van der Waals surface area (Å²) in [5, 5.41) is 0. The van der Waals surface area contributed by atoms with Crippen LogP contribution in [0, 0.1) is 0 Å². The van der Waals surface area contributed by atoms with Crippen LogP contribution < -0.4 is 0 Å². The number of esters is 2. The molecule has 2 rings (SSSR count). The molecule has 0 aliphatic rings. The molecule has 6 heteroatoms. The highest BCUT2D eigenvalue weighted by atomic mass is 16.5. The fourth-order valence-corrected chi connectivity index (χ4v) is 2.25. The van der Waals surface area contributed by atoms with E-state index < -0.39 is 11.9 Å². The SMILES string of the molecule is COC(=O)c1ccccc1/C=N/CC/N=C/c1ccccc1C(=O)OC. The quantitative estimate of drug-likeness (QED) is 0.436. The zero-order valence-corrected chi connectivity index (χ0v) is 14.7. The molecule has 0 aliphatic carbocycles. The van der Waals surface area contributed by atoms with E-state index in [9.17, 15) is 9.59 Å². The maximum Gasteiger partial charge on any atom is 0.338 e. The molecule has 0 aliphatic heterocycles. The molecule has 0 saturated carbocycles. The number of ether oxygens (including phenoxy) is 2. The molecule has 0 heterocycles. The van der Waals surface area contributed by atoms with Gasteiger partial charge in [0, 0.05) is 23.6 Å². The van der Waals surface area contributed by atoms with Crippen molar-refractivity contribution >= 4 is 24.4 Å². The Morgan fingerprint density at radius 3 is 1.54 bits per heavy atom. The van der Waals surface area contributed by atoms with Gasteiger partial charge in [-0.2, -0.15) is 0 Å². The number of nitrogens with zero attached hydrogens (tertiary/aromatic N) is 2. The first-order chi connectivity index (χ1) is 12.7. The molecule has 26 heavy (non-hydrogen) atoms. The highest BCUT2D eigenvalue weighted by molar-refractivity contribution is 6.00. The van der Waals surface area contributed by atoms with Gasteiger partial charge < -0.3 is 9.47 Å². The second-order valence-corrected chi connectivity index (χ2v) is 5.23. The zero-order valence-electron chi connectivity index (χ0n) is 14.7. The van der Waals surface area contributed by atoms with Crippen LogP contribution in [0.3, 0.4) is 0 Å². The maximum atomic E-state index is 11.7. The number of methoxy groups -OCH3 is 2. The Kier molecular flexibility index (Phi) is 7.24. The van der Waals surface area contributed by atoms with Crippen LogP contribution in [0.5, 0.6) is 0 Å². The van der Waals surface area contributed by atoms with Crippen LogP contribution in [-0.2, 0) is 9.47 Å². The third kappa shape index (κ3) is 5.11. The van der Waals surface area contributed by atoms with Gasteiger partial charge in [-0.15, -0.1) is 0 Å². The van der Waals surface area contributed by atoms with Crippen molar-refractivity contribution in [3.05, 3.63) is 70.8 Å². The van der Waals surface area contributed by atoms with E-state index in [1.807, 2.05) is 12.1 Å². The molecule has 2 aromatic carbocycles. The predicted molar refractivity (Wildman–Crippen MR) is 100 cm³/mol. The fourth-order valence-electron chi connectivity index (χ4n) is 2.25. The molecule has 6 nitrogen and oxygen atoms in total. The van der Waals surface area contributed by atoms with Crippen molar-refractivity contribution in [3.8, 4) is 0 Å². The average Bonchev–Trinajstić information content (AvgIpc) is 2.70. The third-order valence-electron chi connectivity index (χ3n) is 3.55. The van der Waals surface area contributed by atoms with Gasteiger partial charge in [0.2, 0.25) is 0 Å². The van der Waals surface area contributed by atoms with Crippen LogP contribution in [0.15, 0.2) is 58.5 Å². The predicted octanol–water partition coefficient (Wildman–Crippen LogP) is 2.80. The summed E-state index contributed by atoms with van der Waals surface area (Å²) in [5.41, 5.74) is 2.32. The molecule has 0 amide bonds.